The van der Waals surface area contributed by atoms with Gasteiger partial charge in [-0.2, -0.15) is 0 Å². The van der Waals surface area contributed by atoms with E-state index in [0.717, 1.165) is 41.9 Å². The molecule has 4 nitrogen and oxygen atoms in total. The summed E-state index contributed by atoms with van der Waals surface area (Å²) in [6, 6.07) is 2.39. The number of anilines is 2. The maximum absolute atomic E-state index is 5.94. The molecular formula is C11H17BrN4. The number of pyridine rings is 1. The van der Waals surface area contributed by atoms with Crippen LogP contribution < -0.4 is 16.4 Å². The number of hydrogen-bond acceptors (Lipinski definition) is 4. The number of piperidine rings is 1. The van der Waals surface area contributed by atoms with Gasteiger partial charge in [-0.1, -0.05) is 0 Å². The molecule has 0 radical (unpaired) electrons. The Morgan fingerprint density at radius 2 is 2.19 bits per heavy atom. The topological polar surface area (TPSA) is 63.0 Å². The van der Waals surface area contributed by atoms with Gasteiger partial charge in [0.2, 0.25) is 0 Å². The van der Waals surface area contributed by atoms with Crippen molar-refractivity contribution >= 4 is 27.4 Å². The molecule has 2 rings (SSSR count). The number of halogens is 1. The van der Waals surface area contributed by atoms with Gasteiger partial charge in [0, 0.05) is 10.5 Å². The van der Waals surface area contributed by atoms with Crippen molar-refractivity contribution in [2.45, 2.75) is 25.8 Å². The van der Waals surface area contributed by atoms with E-state index in [0.29, 0.717) is 11.7 Å². The second-order valence-corrected chi connectivity index (χ2v) is 5.02. The van der Waals surface area contributed by atoms with Crippen LogP contribution >= 0.6 is 15.9 Å². The number of aromatic nitrogens is 1. The van der Waals surface area contributed by atoms with Crippen molar-refractivity contribution in [3.05, 3.63) is 16.2 Å². The molecule has 5 heteroatoms. The third kappa shape index (κ3) is 2.65. The molecule has 1 saturated heterocycles. The van der Waals surface area contributed by atoms with Gasteiger partial charge in [0.25, 0.3) is 0 Å². The molecule has 0 atom stereocenters. The first-order valence-electron chi connectivity index (χ1n) is 5.56. The van der Waals surface area contributed by atoms with Gasteiger partial charge in [0.15, 0.2) is 0 Å². The molecule has 1 aromatic heterocycles. The minimum atomic E-state index is 0.483. The molecule has 0 unspecified atom stereocenters. The predicted molar refractivity (Wildman–Crippen MR) is 70.6 cm³/mol. The largest absolute Gasteiger partial charge is 0.396 e. The maximum atomic E-state index is 5.94. The summed E-state index contributed by atoms with van der Waals surface area (Å²) in [4.78, 5) is 4.46. The lowest BCUT2D eigenvalue weighted by molar-refractivity contribution is 0.478. The van der Waals surface area contributed by atoms with Crippen molar-refractivity contribution in [1.29, 1.82) is 0 Å². The molecule has 4 N–H and O–H groups in total. The monoisotopic (exact) mass is 284 g/mol. The first-order valence-corrected chi connectivity index (χ1v) is 6.36. The zero-order chi connectivity index (χ0) is 11.5. The highest BCUT2D eigenvalue weighted by molar-refractivity contribution is 9.10. The number of nitrogen functional groups attached to an aromatic ring is 1. The lowest BCUT2D eigenvalue weighted by Crippen LogP contribution is -2.35. The minimum Gasteiger partial charge on any atom is -0.396 e. The first-order chi connectivity index (χ1) is 7.66. The zero-order valence-corrected chi connectivity index (χ0v) is 11.0. The highest BCUT2D eigenvalue weighted by Gasteiger charge is 2.14. The summed E-state index contributed by atoms with van der Waals surface area (Å²) in [5.74, 6) is 0.813. The Morgan fingerprint density at radius 1 is 1.50 bits per heavy atom. The molecule has 16 heavy (non-hydrogen) atoms. The summed E-state index contributed by atoms with van der Waals surface area (Å²) in [5, 5.41) is 6.76. The Morgan fingerprint density at radius 3 is 2.88 bits per heavy atom. The number of hydrogen-bond donors (Lipinski definition) is 3. The normalized spacial score (nSPS) is 17.4. The third-order valence-corrected chi connectivity index (χ3v) is 3.66. The van der Waals surface area contributed by atoms with Gasteiger partial charge in [-0.15, -0.1) is 0 Å². The van der Waals surface area contributed by atoms with E-state index < -0.39 is 0 Å². The van der Waals surface area contributed by atoms with Crippen LogP contribution in [0.1, 0.15) is 18.5 Å². The van der Waals surface area contributed by atoms with Gasteiger partial charge in [0.1, 0.15) is 5.82 Å². The van der Waals surface area contributed by atoms with Crippen LogP contribution in [-0.2, 0) is 0 Å². The van der Waals surface area contributed by atoms with Crippen LogP contribution in [0.15, 0.2) is 10.5 Å². The predicted octanol–water partition coefficient (Wildman–Crippen LogP) is 1.90. The summed E-state index contributed by atoms with van der Waals surface area (Å²) in [6.07, 6.45) is 2.24. The summed E-state index contributed by atoms with van der Waals surface area (Å²) in [5.41, 5.74) is 7.61. The quantitative estimate of drug-likeness (QED) is 0.776. The van der Waals surface area contributed by atoms with Crippen LogP contribution in [0.3, 0.4) is 0 Å². The number of nitrogens with zero attached hydrogens (tertiary/aromatic N) is 1. The van der Waals surface area contributed by atoms with Gasteiger partial charge in [0.05, 0.1) is 11.4 Å². The fourth-order valence-electron chi connectivity index (χ4n) is 1.87. The van der Waals surface area contributed by atoms with E-state index in [1.165, 1.54) is 0 Å². The fraction of sp³-hybridized carbons (Fsp3) is 0.545. The van der Waals surface area contributed by atoms with Gasteiger partial charge >= 0.3 is 0 Å². The lowest BCUT2D eigenvalue weighted by atomic mass is 10.1. The number of aryl methyl sites for hydroxylation is 1. The van der Waals surface area contributed by atoms with Gasteiger partial charge in [-0.25, -0.2) is 4.98 Å². The third-order valence-electron chi connectivity index (χ3n) is 2.86. The summed E-state index contributed by atoms with van der Waals surface area (Å²) in [6.45, 7) is 4.09. The average molecular weight is 285 g/mol. The van der Waals surface area contributed by atoms with Crippen molar-refractivity contribution in [3.63, 3.8) is 0 Å². The van der Waals surface area contributed by atoms with E-state index in [1.54, 1.807) is 0 Å². The van der Waals surface area contributed by atoms with E-state index in [2.05, 4.69) is 31.5 Å². The SMILES string of the molecule is Cc1nc(NC2CCNCC2)c(N)cc1Br. The molecule has 2 heterocycles. The van der Waals surface area contributed by atoms with Crippen molar-refractivity contribution in [1.82, 2.24) is 10.3 Å². The van der Waals surface area contributed by atoms with E-state index in [9.17, 15) is 0 Å². The Balaban J connectivity index is 2.11. The van der Waals surface area contributed by atoms with Crippen molar-refractivity contribution in [2.24, 2.45) is 0 Å². The molecule has 0 aromatic carbocycles. The highest BCUT2D eigenvalue weighted by atomic mass is 79.9. The second-order valence-electron chi connectivity index (χ2n) is 4.16. The van der Waals surface area contributed by atoms with Crippen LogP contribution in [0.2, 0.25) is 0 Å². The Hall–Kier alpha value is -0.810. The highest BCUT2D eigenvalue weighted by Crippen LogP contribution is 2.24. The van der Waals surface area contributed by atoms with Gasteiger partial charge < -0.3 is 16.4 Å². The van der Waals surface area contributed by atoms with Crippen LogP contribution in [0.25, 0.3) is 0 Å². The number of nitrogens with one attached hydrogen (secondary N) is 2. The lowest BCUT2D eigenvalue weighted by Gasteiger charge is -2.25. The molecule has 0 spiro atoms. The summed E-state index contributed by atoms with van der Waals surface area (Å²) >= 11 is 3.43. The van der Waals surface area contributed by atoms with Gasteiger partial charge in [-0.05, 0) is 54.9 Å². The van der Waals surface area contributed by atoms with E-state index in [4.69, 9.17) is 5.73 Å². The molecule has 0 amide bonds. The molecule has 1 aromatic rings. The molecule has 88 valence electrons. The van der Waals surface area contributed by atoms with Crippen molar-refractivity contribution in [2.75, 3.05) is 24.1 Å². The molecule has 0 saturated carbocycles. The van der Waals surface area contributed by atoms with Crippen molar-refractivity contribution < 1.29 is 0 Å². The molecule has 1 aliphatic heterocycles. The first kappa shape index (κ1) is 11.7. The van der Waals surface area contributed by atoms with Crippen LogP contribution in [0.5, 0.6) is 0 Å². The van der Waals surface area contributed by atoms with Gasteiger partial charge in [-0.3, -0.25) is 0 Å². The van der Waals surface area contributed by atoms with Crippen LogP contribution in [0, 0.1) is 6.92 Å². The Bertz CT molecular complexity index is 374. The molecular weight excluding hydrogens is 268 g/mol. The van der Waals surface area contributed by atoms with Crippen LogP contribution in [0.4, 0.5) is 11.5 Å². The Labute approximate surface area is 104 Å². The number of rotatable bonds is 2. The standard InChI is InChI=1S/C11H17BrN4/c1-7-9(12)6-10(13)11(15-7)16-8-2-4-14-5-3-8/h6,8,14H,2-5,13H2,1H3,(H,15,16). The van der Waals surface area contributed by atoms with E-state index >= 15 is 0 Å². The summed E-state index contributed by atoms with van der Waals surface area (Å²) in [7, 11) is 0. The average Bonchev–Trinajstić information content (AvgIpc) is 2.27. The molecule has 1 fully saturated rings. The molecule has 1 aliphatic rings. The van der Waals surface area contributed by atoms with E-state index in [-0.39, 0.29) is 0 Å². The minimum absolute atomic E-state index is 0.483. The summed E-state index contributed by atoms with van der Waals surface area (Å²) < 4.78 is 0.959. The van der Waals surface area contributed by atoms with Crippen molar-refractivity contribution in [3.8, 4) is 0 Å². The zero-order valence-electron chi connectivity index (χ0n) is 9.39. The molecule has 0 aliphatic carbocycles. The number of nitrogens with two attached hydrogens (primary N) is 1. The smallest absolute Gasteiger partial charge is 0.149 e. The fourth-order valence-corrected chi connectivity index (χ4v) is 2.21. The maximum Gasteiger partial charge on any atom is 0.149 e. The second kappa shape index (κ2) is 5.01. The van der Waals surface area contributed by atoms with Crippen LogP contribution in [-0.4, -0.2) is 24.1 Å². The Kier molecular flexibility index (Phi) is 3.66. The molecule has 0 bridgehead atoms. The van der Waals surface area contributed by atoms with E-state index in [1.807, 2.05) is 13.0 Å².